The Balaban J connectivity index is 1.80. The fraction of sp³-hybridized carbons (Fsp3) is 0.237. The van der Waals surface area contributed by atoms with Crippen LogP contribution in [0.25, 0.3) is 10.4 Å². The van der Waals surface area contributed by atoms with Crippen LogP contribution < -0.4 is 16.0 Å². The Morgan fingerprint density at radius 2 is 1.36 bits per heavy atom. The lowest BCUT2D eigenvalue weighted by Gasteiger charge is -2.53. The molecule has 6 rings (SSSR count). The fourth-order valence-electron chi connectivity index (χ4n) is 7.38. The van der Waals surface area contributed by atoms with E-state index in [1.54, 1.807) is 91.0 Å². The number of carbonyl (C=O) groups is 1. The fourth-order valence-corrected chi connectivity index (χ4v) is 7.38. The molecule has 0 spiro atoms. The number of carbonyl (C=O) groups excluding carboxylic acids is 1. The lowest BCUT2D eigenvalue weighted by atomic mass is 9.56. The van der Waals surface area contributed by atoms with E-state index >= 15 is 0 Å². The molecule has 4 aromatic carbocycles. The van der Waals surface area contributed by atoms with Crippen LogP contribution in [0.15, 0.2) is 136 Å². The Morgan fingerprint density at radius 1 is 0.849 bits per heavy atom. The number of ether oxygens (including phenoxy) is 3. The molecule has 1 aromatic heterocycles. The van der Waals surface area contributed by atoms with E-state index in [2.05, 4.69) is 10.0 Å². The van der Waals surface area contributed by atoms with Gasteiger partial charge < -0.3 is 34.6 Å². The molecule has 0 unspecified atom stereocenters. The minimum atomic E-state index is -3.69. The van der Waals surface area contributed by atoms with Crippen molar-refractivity contribution in [3.63, 3.8) is 0 Å². The maximum Gasteiger partial charge on any atom is 0.342 e. The summed E-state index contributed by atoms with van der Waals surface area (Å²) in [5, 5.41) is 53.9. The Labute approximate surface area is 301 Å². The van der Waals surface area contributed by atoms with Crippen molar-refractivity contribution in [1.82, 2.24) is 9.13 Å². The normalized spacial score (nSPS) is 24.0. The Morgan fingerprint density at radius 3 is 1.83 bits per heavy atom. The summed E-state index contributed by atoms with van der Waals surface area (Å²) in [7, 11) is 2.27. The van der Waals surface area contributed by atoms with Crippen LogP contribution in [0.4, 0.5) is 0 Å². The summed E-state index contributed by atoms with van der Waals surface area (Å²) in [6.45, 7) is -0.117. The van der Waals surface area contributed by atoms with E-state index in [0.29, 0.717) is 5.75 Å². The molecule has 1 aliphatic rings. The second-order valence-corrected chi connectivity index (χ2v) is 12.4. The summed E-state index contributed by atoms with van der Waals surface area (Å²) in [5.74, 6) is -8.05. The predicted octanol–water partition coefficient (Wildman–Crippen LogP) is 2.75. The van der Waals surface area contributed by atoms with Crippen LogP contribution in [0.2, 0.25) is 0 Å². The van der Waals surface area contributed by atoms with Gasteiger partial charge in [0.2, 0.25) is 5.72 Å². The maximum absolute atomic E-state index is 14.4. The molecule has 5 aromatic rings. The second-order valence-electron chi connectivity index (χ2n) is 12.4. The summed E-state index contributed by atoms with van der Waals surface area (Å²) in [6.07, 6.45) is 0.785. The van der Waals surface area contributed by atoms with Crippen molar-refractivity contribution in [3.8, 4) is 5.75 Å². The molecule has 53 heavy (non-hydrogen) atoms. The van der Waals surface area contributed by atoms with E-state index in [-0.39, 0.29) is 37.0 Å². The zero-order valence-corrected chi connectivity index (χ0v) is 28.7. The monoisotopic (exact) mass is 721 g/mol. The molecule has 1 fully saturated rings. The van der Waals surface area contributed by atoms with Crippen molar-refractivity contribution in [2.75, 3.05) is 20.8 Å². The van der Waals surface area contributed by atoms with Gasteiger partial charge in [-0.15, -0.1) is 0 Å². The molecule has 272 valence electrons. The van der Waals surface area contributed by atoms with Gasteiger partial charge >= 0.3 is 11.6 Å². The number of azide groups is 1. The summed E-state index contributed by atoms with van der Waals surface area (Å²) in [5.41, 5.74) is -0.750. The van der Waals surface area contributed by atoms with E-state index < -0.39 is 52.2 Å². The Bertz CT molecular complexity index is 2270. The molecule has 4 atom stereocenters. The molecule has 0 amide bonds. The van der Waals surface area contributed by atoms with Crippen LogP contribution in [-0.4, -0.2) is 73.4 Å². The third kappa shape index (κ3) is 4.99. The van der Waals surface area contributed by atoms with Crippen molar-refractivity contribution in [3.05, 3.63) is 181 Å². The van der Waals surface area contributed by atoms with Crippen LogP contribution in [0.5, 0.6) is 5.75 Å². The summed E-state index contributed by atoms with van der Waals surface area (Å²) < 4.78 is 17.8. The number of aliphatic hydroxyl groups is 4. The van der Waals surface area contributed by atoms with Gasteiger partial charge in [0.05, 0.1) is 19.1 Å². The van der Waals surface area contributed by atoms with Crippen molar-refractivity contribution in [2.45, 2.75) is 35.4 Å². The lowest BCUT2D eigenvalue weighted by molar-refractivity contribution is -0.409. The maximum atomic E-state index is 14.4. The summed E-state index contributed by atoms with van der Waals surface area (Å²) >= 11 is 0. The van der Waals surface area contributed by atoms with Crippen LogP contribution >= 0.6 is 0 Å². The highest BCUT2D eigenvalue weighted by atomic mass is 16.8. The number of aliphatic hydroxyl groups excluding tert-OH is 1. The van der Waals surface area contributed by atoms with E-state index in [0.717, 1.165) is 13.3 Å². The number of rotatable bonds is 10. The van der Waals surface area contributed by atoms with Crippen LogP contribution in [-0.2, 0) is 20.8 Å². The number of aromatic nitrogens is 2. The van der Waals surface area contributed by atoms with Crippen molar-refractivity contribution >= 4 is 5.91 Å². The van der Waals surface area contributed by atoms with Crippen molar-refractivity contribution in [1.29, 1.82) is 0 Å². The van der Waals surface area contributed by atoms with Gasteiger partial charge in [-0.3, -0.25) is 9.59 Å². The predicted molar refractivity (Wildman–Crippen MR) is 189 cm³/mol. The molecule has 0 radical (unpaired) electrons. The highest BCUT2D eigenvalue weighted by Crippen LogP contribution is 2.64. The molecule has 1 saturated heterocycles. The molecule has 2 heterocycles. The summed E-state index contributed by atoms with van der Waals surface area (Å²) in [6, 6.07) is 30.1. The quantitative estimate of drug-likeness (QED) is 0.0543. The SMILES string of the molecule is COc1ccc(C(c2ccccc2)(c2ccccc2)[C@]2(CO)O[C@@](O)(n3cc(C)c(=O)n(C(=O)c4ccccc4)c3=O)[C@@](O)(OC)[C@@]2(O)N=[N+]=[N-])cc1. The first-order valence-corrected chi connectivity index (χ1v) is 16.2. The lowest BCUT2D eigenvalue weighted by Crippen LogP contribution is -2.73. The van der Waals surface area contributed by atoms with Crippen molar-refractivity contribution < 1.29 is 39.4 Å². The molecule has 15 nitrogen and oxygen atoms in total. The minimum absolute atomic E-state index is 0.0767. The molecular formula is C38H35N5O10. The van der Waals surface area contributed by atoms with Crippen LogP contribution in [0.1, 0.15) is 32.6 Å². The minimum Gasteiger partial charge on any atom is -0.497 e. The number of hydrogen-bond donors (Lipinski definition) is 4. The zero-order chi connectivity index (χ0) is 38.2. The van der Waals surface area contributed by atoms with Gasteiger partial charge in [-0.05, 0) is 58.5 Å². The van der Waals surface area contributed by atoms with Gasteiger partial charge in [0.15, 0.2) is 5.60 Å². The summed E-state index contributed by atoms with van der Waals surface area (Å²) in [4.78, 5) is 44.3. The number of nitrogens with zero attached hydrogens (tertiary/aromatic N) is 5. The van der Waals surface area contributed by atoms with E-state index in [1.807, 2.05) is 0 Å². The number of benzene rings is 4. The standard InChI is InChI=1S/C38H35N5O10/c1-25-23-42(33(47)43(31(25)45)32(46)26-13-7-4-8-14-26)38(50)37(49,52-3)36(48,40-41-39)34(24-44,53-38)35(27-15-9-5-10-16-27,28-17-11-6-12-18-28)29-19-21-30(51-2)22-20-29/h4-23,44,48-50H,24H2,1-3H3/t34-,36+,37-,38+/m0/s1. The Hall–Kier alpha value is -5.90. The van der Waals surface area contributed by atoms with Crippen molar-refractivity contribution in [2.24, 2.45) is 5.11 Å². The average molecular weight is 722 g/mol. The third-order valence-corrected chi connectivity index (χ3v) is 9.85. The average Bonchev–Trinajstić information content (AvgIpc) is 3.34. The molecule has 15 heteroatoms. The number of methoxy groups -OCH3 is 2. The molecule has 0 bridgehead atoms. The first-order valence-electron chi connectivity index (χ1n) is 16.2. The first-order chi connectivity index (χ1) is 25.4. The largest absolute Gasteiger partial charge is 0.497 e. The van der Waals surface area contributed by atoms with Gasteiger partial charge in [0, 0.05) is 29.3 Å². The number of hydrogen-bond acceptors (Lipinski definition) is 11. The second kappa shape index (κ2) is 13.6. The molecule has 1 aliphatic heterocycles. The molecular weight excluding hydrogens is 686 g/mol. The topological polar surface area (TPSA) is 218 Å². The first kappa shape index (κ1) is 36.9. The number of aryl methyl sites for hydroxylation is 1. The Kier molecular flexibility index (Phi) is 9.45. The van der Waals surface area contributed by atoms with Gasteiger partial charge in [-0.25, -0.2) is 9.36 Å². The van der Waals surface area contributed by atoms with Gasteiger partial charge in [0.1, 0.15) is 5.75 Å². The molecule has 4 N–H and O–H groups in total. The highest BCUT2D eigenvalue weighted by Gasteiger charge is 2.87. The smallest absolute Gasteiger partial charge is 0.342 e. The molecule has 0 aliphatic carbocycles. The van der Waals surface area contributed by atoms with Crippen LogP contribution in [0.3, 0.4) is 0 Å². The van der Waals surface area contributed by atoms with Gasteiger partial charge in [-0.1, -0.05) is 91.0 Å². The van der Waals surface area contributed by atoms with E-state index in [1.165, 1.54) is 38.3 Å². The van der Waals surface area contributed by atoms with Gasteiger partial charge in [-0.2, -0.15) is 4.57 Å². The van der Waals surface area contributed by atoms with Gasteiger partial charge in [0.25, 0.3) is 17.3 Å². The van der Waals surface area contributed by atoms with E-state index in [4.69, 9.17) is 14.2 Å². The molecule has 0 saturated carbocycles. The third-order valence-electron chi connectivity index (χ3n) is 9.85. The highest BCUT2D eigenvalue weighted by molar-refractivity contribution is 5.95. The van der Waals surface area contributed by atoms with E-state index in [9.17, 15) is 40.3 Å². The zero-order valence-electron chi connectivity index (χ0n) is 28.7. The van der Waals surface area contributed by atoms with Crippen LogP contribution in [0, 0.1) is 6.92 Å².